The van der Waals surface area contributed by atoms with Crippen molar-refractivity contribution < 1.29 is 13.9 Å². The zero-order chi connectivity index (χ0) is 18.0. The first-order valence-electron chi connectivity index (χ1n) is 9.14. The summed E-state index contributed by atoms with van der Waals surface area (Å²) in [5.41, 5.74) is 1.08. The number of carbonyl (C=O) groups excluding carboxylic acids is 1. The lowest BCUT2D eigenvalue weighted by Crippen LogP contribution is -2.51. The van der Waals surface area contributed by atoms with Gasteiger partial charge in [0.15, 0.2) is 0 Å². The van der Waals surface area contributed by atoms with Crippen LogP contribution in [0.4, 0.5) is 14.9 Å². The van der Waals surface area contributed by atoms with E-state index >= 15 is 0 Å². The number of hydrogen-bond donors (Lipinski definition) is 1. The van der Waals surface area contributed by atoms with Crippen molar-refractivity contribution in [3.05, 3.63) is 29.6 Å². The second-order valence-electron chi connectivity index (χ2n) is 7.38. The number of amides is 2. The smallest absolute Gasteiger partial charge is 0.322 e. The first kappa shape index (κ1) is 18.1. The molecule has 2 aliphatic rings. The van der Waals surface area contributed by atoms with E-state index in [9.17, 15) is 9.18 Å². The Morgan fingerprint density at radius 3 is 2.72 bits per heavy atom. The van der Waals surface area contributed by atoms with Crippen molar-refractivity contribution in [2.75, 3.05) is 31.5 Å². The zero-order valence-corrected chi connectivity index (χ0v) is 15.3. The molecule has 0 spiro atoms. The number of aryl methyl sites for hydroxylation is 1. The van der Waals surface area contributed by atoms with Gasteiger partial charge in [-0.25, -0.2) is 9.18 Å². The second-order valence-corrected chi connectivity index (χ2v) is 7.38. The maximum atomic E-state index is 14.0. The summed E-state index contributed by atoms with van der Waals surface area (Å²) >= 11 is 0. The fourth-order valence-electron chi connectivity index (χ4n) is 3.93. The molecule has 2 heterocycles. The molecule has 3 rings (SSSR count). The van der Waals surface area contributed by atoms with E-state index < -0.39 is 0 Å². The van der Waals surface area contributed by atoms with Crippen LogP contribution in [-0.4, -0.2) is 60.3 Å². The molecule has 0 aliphatic carbocycles. The summed E-state index contributed by atoms with van der Waals surface area (Å²) in [6, 6.07) is 4.83. The van der Waals surface area contributed by atoms with Crippen LogP contribution in [0.25, 0.3) is 0 Å². The van der Waals surface area contributed by atoms with Crippen LogP contribution < -0.4 is 5.32 Å². The number of morpholine rings is 1. The minimum atomic E-state index is -0.389. The van der Waals surface area contributed by atoms with Gasteiger partial charge in [0.25, 0.3) is 0 Å². The molecule has 3 atom stereocenters. The molecule has 25 heavy (non-hydrogen) atoms. The Morgan fingerprint density at radius 2 is 2.04 bits per heavy atom. The third-order valence-electron chi connectivity index (χ3n) is 4.97. The van der Waals surface area contributed by atoms with E-state index in [0.29, 0.717) is 0 Å². The van der Waals surface area contributed by atoms with Crippen molar-refractivity contribution in [2.24, 2.45) is 0 Å². The largest absolute Gasteiger partial charge is 0.373 e. The molecule has 1 aromatic rings. The lowest BCUT2D eigenvalue weighted by atomic mass is 10.1. The van der Waals surface area contributed by atoms with Gasteiger partial charge in [-0.3, -0.25) is 4.90 Å². The van der Waals surface area contributed by atoms with Gasteiger partial charge in [-0.1, -0.05) is 6.07 Å². The number of nitrogens with one attached hydrogen (secondary N) is 1. The molecule has 138 valence electrons. The van der Waals surface area contributed by atoms with Crippen LogP contribution in [0, 0.1) is 12.7 Å². The Hall–Kier alpha value is -1.66. The number of urea groups is 1. The molecule has 0 bridgehead atoms. The molecule has 2 aliphatic heterocycles. The third kappa shape index (κ3) is 4.50. The maximum Gasteiger partial charge on any atom is 0.322 e. The van der Waals surface area contributed by atoms with Gasteiger partial charge >= 0.3 is 6.03 Å². The Balaban J connectivity index is 1.61. The van der Waals surface area contributed by atoms with Gasteiger partial charge in [0.05, 0.1) is 17.9 Å². The van der Waals surface area contributed by atoms with E-state index in [1.807, 2.05) is 11.8 Å². The number of likely N-dealkylation sites (tertiary alicyclic amines) is 1. The van der Waals surface area contributed by atoms with Gasteiger partial charge in [-0.15, -0.1) is 0 Å². The maximum absolute atomic E-state index is 14.0. The summed E-state index contributed by atoms with van der Waals surface area (Å²) in [6.07, 6.45) is 2.41. The van der Waals surface area contributed by atoms with Gasteiger partial charge in [-0.05, 0) is 51.3 Å². The Labute approximate surface area is 149 Å². The normalized spacial score (nSPS) is 27.5. The minimum absolute atomic E-state index is 0.172. The minimum Gasteiger partial charge on any atom is -0.373 e. The van der Waals surface area contributed by atoms with E-state index in [0.717, 1.165) is 44.6 Å². The Bertz CT molecular complexity index is 615. The standard InChI is InChI=1S/C19H28FN3O2/c1-13-6-7-18(17(20)9-13)21-19(24)23-8-4-5-16(23)12-22-10-14(2)25-15(3)11-22/h6-7,9,14-16H,4-5,8,10-12H2,1-3H3,(H,21,24). The average Bonchev–Trinajstić information content (AvgIpc) is 2.97. The highest BCUT2D eigenvalue weighted by Gasteiger charge is 2.32. The summed E-state index contributed by atoms with van der Waals surface area (Å²) in [5.74, 6) is -0.389. The van der Waals surface area contributed by atoms with Gasteiger partial charge < -0.3 is 15.0 Å². The van der Waals surface area contributed by atoms with Crippen molar-refractivity contribution in [3.63, 3.8) is 0 Å². The zero-order valence-electron chi connectivity index (χ0n) is 15.3. The lowest BCUT2D eigenvalue weighted by Gasteiger charge is -2.38. The summed E-state index contributed by atoms with van der Waals surface area (Å²) in [6.45, 7) is 9.35. The monoisotopic (exact) mass is 349 g/mol. The van der Waals surface area contributed by atoms with E-state index in [1.54, 1.807) is 12.1 Å². The van der Waals surface area contributed by atoms with Crippen LogP contribution in [0.5, 0.6) is 0 Å². The predicted molar refractivity (Wildman–Crippen MR) is 96.3 cm³/mol. The number of nitrogens with zero attached hydrogens (tertiary/aromatic N) is 2. The first-order chi connectivity index (χ1) is 11.9. The van der Waals surface area contributed by atoms with Gasteiger partial charge in [0, 0.05) is 32.2 Å². The van der Waals surface area contributed by atoms with Crippen molar-refractivity contribution >= 4 is 11.7 Å². The number of benzene rings is 1. The van der Waals surface area contributed by atoms with Crippen molar-refractivity contribution in [3.8, 4) is 0 Å². The van der Waals surface area contributed by atoms with Crippen LogP contribution >= 0.6 is 0 Å². The number of hydrogen-bond acceptors (Lipinski definition) is 3. The lowest BCUT2D eigenvalue weighted by molar-refractivity contribution is -0.0712. The molecule has 0 radical (unpaired) electrons. The van der Waals surface area contributed by atoms with Crippen LogP contribution in [0.2, 0.25) is 0 Å². The predicted octanol–water partition coefficient (Wildman–Crippen LogP) is 3.24. The Kier molecular flexibility index (Phi) is 5.59. The fourth-order valence-corrected chi connectivity index (χ4v) is 3.93. The molecular weight excluding hydrogens is 321 g/mol. The number of rotatable bonds is 3. The van der Waals surface area contributed by atoms with E-state index in [4.69, 9.17) is 4.74 Å². The first-order valence-corrected chi connectivity index (χ1v) is 9.14. The molecule has 3 unspecified atom stereocenters. The number of carbonyl (C=O) groups is 1. The molecule has 0 aromatic heterocycles. The number of ether oxygens (including phenoxy) is 1. The SMILES string of the molecule is Cc1ccc(NC(=O)N2CCCC2CN2CC(C)OC(C)C2)c(F)c1. The van der Waals surface area contributed by atoms with Gasteiger partial charge in [0.1, 0.15) is 5.82 Å². The topological polar surface area (TPSA) is 44.8 Å². The van der Waals surface area contributed by atoms with E-state index in [2.05, 4.69) is 24.1 Å². The fraction of sp³-hybridized carbons (Fsp3) is 0.632. The Morgan fingerprint density at radius 1 is 1.32 bits per heavy atom. The average molecular weight is 349 g/mol. The molecule has 0 saturated carbocycles. The van der Waals surface area contributed by atoms with Gasteiger partial charge in [0.2, 0.25) is 0 Å². The van der Waals surface area contributed by atoms with Crippen LogP contribution in [0.1, 0.15) is 32.3 Å². The highest BCUT2D eigenvalue weighted by atomic mass is 19.1. The molecule has 5 nitrogen and oxygen atoms in total. The van der Waals surface area contributed by atoms with Crippen LogP contribution in [0.3, 0.4) is 0 Å². The van der Waals surface area contributed by atoms with Gasteiger partial charge in [-0.2, -0.15) is 0 Å². The van der Waals surface area contributed by atoms with E-state index in [-0.39, 0.29) is 35.8 Å². The molecule has 2 saturated heterocycles. The molecule has 2 fully saturated rings. The third-order valence-corrected chi connectivity index (χ3v) is 4.97. The second kappa shape index (κ2) is 7.70. The van der Waals surface area contributed by atoms with Crippen LogP contribution in [0.15, 0.2) is 18.2 Å². The molecular formula is C19H28FN3O2. The summed E-state index contributed by atoms with van der Waals surface area (Å²) < 4.78 is 19.8. The number of halogens is 1. The van der Waals surface area contributed by atoms with Crippen molar-refractivity contribution in [1.29, 1.82) is 0 Å². The summed E-state index contributed by atoms with van der Waals surface area (Å²) in [7, 11) is 0. The molecule has 6 heteroatoms. The van der Waals surface area contributed by atoms with Crippen molar-refractivity contribution in [1.82, 2.24) is 9.80 Å². The summed E-state index contributed by atoms with van der Waals surface area (Å²) in [5, 5.41) is 2.73. The number of anilines is 1. The van der Waals surface area contributed by atoms with Crippen LogP contribution in [-0.2, 0) is 4.74 Å². The summed E-state index contributed by atoms with van der Waals surface area (Å²) in [4.78, 5) is 16.9. The quantitative estimate of drug-likeness (QED) is 0.911. The highest BCUT2D eigenvalue weighted by Crippen LogP contribution is 2.23. The highest BCUT2D eigenvalue weighted by molar-refractivity contribution is 5.89. The molecule has 2 amide bonds. The molecule has 1 aromatic carbocycles. The van der Waals surface area contributed by atoms with E-state index in [1.165, 1.54) is 6.07 Å². The van der Waals surface area contributed by atoms with Crippen molar-refractivity contribution in [2.45, 2.75) is 51.9 Å². The molecule has 1 N–H and O–H groups in total.